The van der Waals surface area contributed by atoms with E-state index < -0.39 is 8.32 Å². The fourth-order valence-electron chi connectivity index (χ4n) is 1.45. The van der Waals surface area contributed by atoms with E-state index in [0.717, 1.165) is 5.39 Å². The maximum atomic E-state index is 14.0. The number of aromatic nitrogens is 2. The molecule has 0 aliphatic heterocycles. The van der Waals surface area contributed by atoms with Gasteiger partial charge in [0.25, 0.3) is 8.32 Å². The predicted octanol–water partition coefficient (Wildman–Crippen LogP) is 4.09. The molecule has 0 amide bonds. The van der Waals surface area contributed by atoms with Gasteiger partial charge < -0.3 is 4.43 Å². The molecule has 1 aromatic carbocycles. The van der Waals surface area contributed by atoms with E-state index in [-0.39, 0.29) is 10.9 Å². The van der Waals surface area contributed by atoms with Crippen LogP contribution >= 0.6 is 0 Å². The van der Waals surface area contributed by atoms with Gasteiger partial charge in [-0.1, -0.05) is 20.8 Å². The van der Waals surface area contributed by atoms with Crippen molar-refractivity contribution in [3.63, 3.8) is 0 Å². The molecule has 1 N–H and O–H groups in total. The molecular weight excluding hydrogens is 247 g/mol. The molecule has 1 heterocycles. The van der Waals surface area contributed by atoms with Crippen LogP contribution in [-0.4, -0.2) is 18.5 Å². The first kappa shape index (κ1) is 13.1. The lowest BCUT2D eigenvalue weighted by atomic mass is 10.2. The molecule has 2 aromatic rings. The first-order chi connectivity index (χ1) is 8.21. The van der Waals surface area contributed by atoms with E-state index in [4.69, 9.17) is 4.43 Å². The van der Waals surface area contributed by atoms with Crippen LogP contribution in [0.15, 0.2) is 18.3 Å². The highest BCUT2D eigenvalue weighted by molar-refractivity contribution is 6.74. The third-order valence-electron chi connectivity index (χ3n) is 3.66. The summed E-state index contributed by atoms with van der Waals surface area (Å²) in [6, 6.07) is 3.15. The molecule has 0 aliphatic carbocycles. The Labute approximate surface area is 107 Å². The first-order valence-electron chi connectivity index (χ1n) is 6.02. The molecule has 18 heavy (non-hydrogen) atoms. The molecule has 2 rings (SSSR count). The summed E-state index contributed by atoms with van der Waals surface area (Å²) in [4.78, 5) is 0. The van der Waals surface area contributed by atoms with Gasteiger partial charge in [-0.2, -0.15) is 5.10 Å². The van der Waals surface area contributed by atoms with E-state index in [9.17, 15) is 4.39 Å². The zero-order chi connectivity index (χ0) is 13.6. The average molecular weight is 266 g/mol. The van der Waals surface area contributed by atoms with Crippen LogP contribution in [0, 0.1) is 5.82 Å². The summed E-state index contributed by atoms with van der Waals surface area (Å²) in [7, 11) is -2.01. The Kier molecular flexibility index (Phi) is 2.97. The fraction of sp³-hybridized carbons (Fsp3) is 0.462. The molecule has 0 saturated heterocycles. The monoisotopic (exact) mass is 266 g/mol. The van der Waals surface area contributed by atoms with Gasteiger partial charge in [0.15, 0.2) is 5.82 Å². The largest absolute Gasteiger partial charge is 0.542 e. The minimum atomic E-state index is -2.01. The molecule has 0 fully saturated rings. The number of H-pyrrole nitrogens is 1. The summed E-state index contributed by atoms with van der Waals surface area (Å²) in [5.41, 5.74) is 0.690. The quantitative estimate of drug-likeness (QED) is 0.831. The van der Waals surface area contributed by atoms with Crippen molar-refractivity contribution < 1.29 is 8.82 Å². The van der Waals surface area contributed by atoms with Gasteiger partial charge in [0.2, 0.25) is 0 Å². The highest BCUT2D eigenvalue weighted by Gasteiger charge is 2.39. The van der Waals surface area contributed by atoms with E-state index in [1.807, 2.05) is 0 Å². The van der Waals surface area contributed by atoms with Gasteiger partial charge in [0.05, 0.1) is 11.7 Å². The molecule has 0 atom stereocenters. The standard InChI is InChI=1S/C13H19FN2OSi/c1-13(2,3)18(4,5)17-12-6-9-8-15-16-11(9)7-10(12)14/h6-8H,1-5H3,(H,15,16). The van der Waals surface area contributed by atoms with Gasteiger partial charge in [-0.25, -0.2) is 4.39 Å². The lowest BCUT2D eigenvalue weighted by molar-refractivity contribution is 0.458. The van der Waals surface area contributed by atoms with Crippen molar-refractivity contribution in [1.82, 2.24) is 10.2 Å². The summed E-state index contributed by atoms with van der Waals surface area (Å²) in [6.07, 6.45) is 1.67. The number of hydrogen-bond acceptors (Lipinski definition) is 2. The van der Waals surface area contributed by atoms with Crippen LogP contribution in [0.2, 0.25) is 18.1 Å². The van der Waals surface area contributed by atoms with Crippen molar-refractivity contribution >= 4 is 19.2 Å². The summed E-state index contributed by atoms with van der Waals surface area (Å²) in [5, 5.41) is 7.55. The van der Waals surface area contributed by atoms with Crippen LogP contribution < -0.4 is 4.43 Å². The average Bonchev–Trinajstić information content (AvgIpc) is 2.63. The SMILES string of the molecule is CC(C)(C)[Si](C)(C)Oc1cc2cn[nH]c2cc1F. The van der Waals surface area contributed by atoms with Crippen LogP contribution in [0.1, 0.15) is 20.8 Å². The van der Waals surface area contributed by atoms with Crippen molar-refractivity contribution in [2.45, 2.75) is 38.9 Å². The number of rotatable bonds is 2. The zero-order valence-electron chi connectivity index (χ0n) is 11.5. The fourth-order valence-corrected chi connectivity index (χ4v) is 2.46. The van der Waals surface area contributed by atoms with E-state index >= 15 is 0 Å². The van der Waals surface area contributed by atoms with Gasteiger partial charge in [0, 0.05) is 11.5 Å². The second-order valence-electron chi connectivity index (χ2n) is 6.10. The summed E-state index contributed by atoms with van der Waals surface area (Å²) in [6.45, 7) is 10.6. The summed E-state index contributed by atoms with van der Waals surface area (Å²) >= 11 is 0. The topological polar surface area (TPSA) is 37.9 Å². The zero-order valence-corrected chi connectivity index (χ0v) is 12.5. The lowest BCUT2D eigenvalue weighted by Gasteiger charge is -2.36. The summed E-state index contributed by atoms with van der Waals surface area (Å²) in [5.74, 6) is -0.00735. The number of benzene rings is 1. The molecule has 0 radical (unpaired) electrons. The number of hydrogen-bond donors (Lipinski definition) is 1. The van der Waals surface area contributed by atoms with Gasteiger partial charge in [-0.3, -0.25) is 5.10 Å². The molecule has 0 saturated carbocycles. The van der Waals surface area contributed by atoms with Crippen LogP contribution in [0.25, 0.3) is 10.9 Å². The second-order valence-corrected chi connectivity index (χ2v) is 10.8. The van der Waals surface area contributed by atoms with E-state index in [1.165, 1.54) is 6.07 Å². The molecule has 5 heteroatoms. The smallest absolute Gasteiger partial charge is 0.250 e. The van der Waals surface area contributed by atoms with Crippen LogP contribution in [-0.2, 0) is 0 Å². The molecule has 0 aliphatic rings. The van der Waals surface area contributed by atoms with Crippen LogP contribution in [0.3, 0.4) is 0 Å². The normalized spacial score (nSPS) is 13.0. The Morgan fingerprint density at radius 1 is 1.28 bits per heavy atom. The van der Waals surface area contributed by atoms with Crippen molar-refractivity contribution in [3.8, 4) is 5.75 Å². The number of nitrogens with zero attached hydrogens (tertiary/aromatic N) is 1. The lowest BCUT2D eigenvalue weighted by Crippen LogP contribution is -2.44. The minimum Gasteiger partial charge on any atom is -0.542 e. The van der Waals surface area contributed by atoms with E-state index in [1.54, 1.807) is 12.3 Å². The maximum Gasteiger partial charge on any atom is 0.250 e. The van der Waals surface area contributed by atoms with E-state index in [2.05, 4.69) is 44.1 Å². The number of fused-ring (bicyclic) bond motifs is 1. The first-order valence-corrected chi connectivity index (χ1v) is 8.93. The maximum absolute atomic E-state index is 14.0. The van der Waals surface area contributed by atoms with Crippen molar-refractivity contribution in [1.29, 1.82) is 0 Å². The highest BCUT2D eigenvalue weighted by atomic mass is 28.4. The third kappa shape index (κ3) is 2.27. The van der Waals surface area contributed by atoms with Gasteiger partial charge in [-0.05, 0) is 24.2 Å². The molecule has 1 aromatic heterocycles. The molecule has 0 unspecified atom stereocenters. The Balaban J connectivity index is 2.40. The molecule has 3 nitrogen and oxygen atoms in total. The van der Waals surface area contributed by atoms with Gasteiger partial charge >= 0.3 is 0 Å². The molecular formula is C13H19FN2OSi. The van der Waals surface area contributed by atoms with Gasteiger partial charge in [-0.15, -0.1) is 0 Å². The number of aromatic amines is 1. The van der Waals surface area contributed by atoms with Gasteiger partial charge in [0.1, 0.15) is 5.75 Å². The molecule has 0 spiro atoms. The summed E-state index contributed by atoms with van der Waals surface area (Å²) < 4.78 is 20.0. The van der Waals surface area contributed by atoms with Crippen LogP contribution in [0.4, 0.5) is 4.39 Å². The Hall–Kier alpha value is -1.36. The Bertz CT molecular complexity index is 572. The van der Waals surface area contributed by atoms with Crippen molar-refractivity contribution in [2.75, 3.05) is 0 Å². The Morgan fingerprint density at radius 3 is 2.56 bits per heavy atom. The Morgan fingerprint density at radius 2 is 1.94 bits per heavy atom. The van der Waals surface area contributed by atoms with Crippen LogP contribution in [0.5, 0.6) is 5.75 Å². The van der Waals surface area contributed by atoms with Crippen molar-refractivity contribution in [3.05, 3.63) is 24.1 Å². The minimum absolute atomic E-state index is 0.0464. The van der Waals surface area contributed by atoms with E-state index in [0.29, 0.717) is 11.3 Å². The molecule has 0 bridgehead atoms. The predicted molar refractivity (Wildman–Crippen MR) is 73.9 cm³/mol. The second kappa shape index (κ2) is 4.09. The van der Waals surface area contributed by atoms with Crippen molar-refractivity contribution in [2.24, 2.45) is 0 Å². The molecule has 98 valence electrons. The number of halogens is 1. The third-order valence-corrected chi connectivity index (χ3v) is 8.01. The highest BCUT2D eigenvalue weighted by Crippen LogP contribution is 2.38. The number of nitrogens with one attached hydrogen (secondary N) is 1.